The first-order chi connectivity index (χ1) is 6.87. The van der Waals surface area contributed by atoms with Crippen LogP contribution in [0.3, 0.4) is 0 Å². The summed E-state index contributed by atoms with van der Waals surface area (Å²) in [5.41, 5.74) is 10.4. The van der Waals surface area contributed by atoms with Gasteiger partial charge in [-0.05, 0) is 0 Å². The summed E-state index contributed by atoms with van der Waals surface area (Å²) >= 11 is 0. The molecule has 0 aliphatic rings. The summed E-state index contributed by atoms with van der Waals surface area (Å²) in [5, 5.41) is 2.34. The van der Waals surface area contributed by atoms with Crippen LogP contribution in [0.2, 0.25) is 0 Å². The van der Waals surface area contributed by atoms with Gasteiger partial charge in [0, 0.05) is 6.54 Å². The summed E-state index contributed by atoms with van der Waals surface area (Å²) in [5.74, 6) is -0.349. The highest BCUT2D eigenvalue weighted by Crippen LogP contribution is 2.19. The van der Waals surface area contributed by atoms with E-state index in [2.05, 4.69) is 20.3 Å². The predicted octanol–water partition coefficient (Wildman–Crippen LogP) is 0.400. The monoisotopic (exact) mass is 222 g/mol. The molecule has 9 heteroatoms. The van der Waals surface area contributed by atoms with Gasteiger partial charge in [0.25, 0.3) is 0 Å². The van der Waals surface area contributed by atoms with Gasteiger partial charge in [-0.1, -0.05) is 0 Å². The summed E-state index contributed by atoms with van der Waals surface area (Å²) < 4.78 is 35.3. The smallest absolute Gasteiger partial charge is 0.368 e. The highest BCUT2D eigenvalue weighted by atomic mass is 19.4. The van der Waals surface area contributed by atoms with Gasteiger partial charge in [-0.2, -0.15) is 28.1 Å². The Morgan fingerprint density at radius 3 is 2.07 bits per heavy atom. The Bertz CT molecular complexity index is 318. The van der Waals surface area contributed by atoms with Crippen molar-refractivity contribution in [3.05, 3.63) is 0 Å². The topological polar surface area (TPSA) is 103 Å². The quantitative estimate of drug-likeness (QED) is 0.684. The van der Waals surface area contributed by atoms with Crippen LogP contribution in [0.15, 0.2) is 0 Å². The lowest BCUT2D eigenvalue weighted by Crippen LogP contribution is -2.16. The van der Waals surface area contributed by atoms with Crippen LogP contribution in [-0.4, -0.2) is 27.7 Å². The molecule has 1 heterocycles. The number of aromatic nitrogens is 3. The number of nitrogens with zero attached hydrogens (tertiary/aromatic N) is 3. The number of nitrogens with two attached hydrogens (primary N) is 2. The number of hydrogen-bond acceptors (Lipinski definition) is 6. The van der Waals surface area contributed by atoms with Crippen LogP contribution in [0, 0.1) is 0 Å². The van der Waals surface area contributed by atoms with Gasteiger partial charge >= 0.3 is 6.18 Å². The second-order valence-electron chi connectivity index (χ2n) is 2.67. The Kier molecular flexibility index (Phi) is 3.12. The maximum Gasteiger partial charge on any atom is 0.390 e. The van der Waals surface area contributed by atoms with Crippen molar-refractivity contribution in [2.24, 2.45) is 0 Å². The van der Waals surface area contributed by atoms with Crippen LogP contribution in [0.4, 0.5) is 31.0 Å². The third-order valence-corrected chi connectivity index (χ3v) is 1.36. The second-order valence-corrected chi connectivity index (χ2v) is 2.67. The molecule has 0 unspecified atom stereocenters. The Hall–Kier alpha value is -1.80. The zero-order valence-corrected chi connectivity index (χ0v) is 7.54. The number of nitrogens with one attached hydrogen (secondary N) is 1. The molecule has 0 amide bonds. The van der Waals surface area contributed by atoms with E-state index in [0.717, 1.165) is 0 Å². The summed E-state index contributed by atoms with van der Waals surface area (Å²) in [6.45, 7) is -0.341. The van der Waals surface area contributed by atoms with Crippen LogP contribution in [0.25, 0.3) is 0 Å². The zero-order chi connectivity index (χ0) is 11.5. The summed E-state index contributed by atoms with van der Waals surface area (Å²) in [6, 6.07) is 0. The molecule has 1 aromatic heterocycles. The molecule has 0 saturated carbocycles. The van der Waals surface area contributed by atoms with Gasteiger partial charge in [0.2, 0.25) is 17.8 Å². The highest BCUT2D eigenvalue weighted by molar-refractivity contribution is 5.36. The third kappa shape index (κ3) is 4.29. The van der Waals surface area contributed by atoms with Gasteiger partial charge in [-0.3, -0.25) is 0 Å². The van der Waals surface area contributed by atoms with Crippen molar-refractivity contribution in [1.82, 2.24) is 15.0 Å². The lowest BCUT2D eigenvalue weighted by Gasteiger charge is -2.07. The molecule has 15 heavy (non-hydrogen) atoms. The fourth-order valence-corrected chi connectivity index (χ4v) is 0.804. The molecule has 1 aromatic rings. The van der Waals surface area contributed by atoms with E-state index in [1.807, 2.05) is 0 Å². The van der Waals surface area contributed by atoms with E-state index in [4.69, 9.17) is 11.5 Å². The number of hydrogen-bond donors (Lipinski definition) is 3. The largest absolute Gasteiger partial charge is 0.390 e. The Morgan fingerprint density at radius 2 is 1.60 bits per heavy atom. The molecule has 84 valence electrons. The van der Waals surface area contributed by atoms with Gasteiger partial charge in [0.05, 0.1) is 6.42 Å². The van der Waals surface area contributed by atoms with Crippen molar-refractivity contribution in [2.45, 2.75) is 12.6 Å². The number of nitrogen functional groups attached to an aromatic ring is 2. The summed E-state index contributed by atoms with van der Waals surface area (Å²) in [7, 11) is 0. The Morgan fingerprint density at radius 1 is 1.07 bits per heavy atom. The second kappa shape index (κ2) is 4.15. The van der Waals surface area contributed by atoms with Gasteiger partial charge in [-0.15, -0.1) is 0 Å². The van der Waals surface area contributed by atoms with Crippen molar-refractivity contribution >= 4 is 17.8 Å². The molecular formula is C6H9F3N6. The van der Waals surface area contributed by atoms with Crippen LogP contribution in [0.5, 0.6) is 0 Å². The first-order valence-corrected chi connectivity index (χ1v) is 3.94. The molecule has 0 saturated heterocycles. The third-order valence-electron chi connectivity index (χ3n) is 1.36. The maximum absolute atomic E-state index is 11.8. The number of halogens is 3. The lowest BCUT2D eigenvalue weighted by molar-refractivity contribution is -0.131. The van der Waals surface area contributed by atoms with E-state index in [9.17, 15) is 13.2 Å². The molecule has 0 radical (unpaired) electrons. The molecule has 0 aromatic carbocycles. The molecule has 0 aliphatic heterocycles. The fourth-order valence-electron chi connectivity index (χ4n) is 0.804. The molecular weight excluding hydrogens is 213 g/mol. The Labute approximate surface area is 82.9 Å². The number of anilines is 3. The van der Waals surface area contributed by atoms with Crippen molar-refractivity contribution < 1.29 is 13.2 Å². The van der Waals surface area contributed by atoms with Crippen LogP contribution >= 0.6 is 0 Å². The summed E-state index contributed by atoms with van der Waals surface area (Å²) in [4.78, 5) is 10.6. The normalized spacial score (nSPS) is 11.4. The minimum Gasteiger partial charge on any atom is -0.368 e. The number of alkyl halides is 3. The van der Waals surface area contributed by atoms with E-state index in [0.29, 0.717) is 0 Å². The van der Waals surface area contributed by atoms with Crippen LogP contribution < -0.4 is 16.8 Å². The number of rotatable bonds is 3. The van der Waals surface area contributed by atoms with E-state index >= 15 is 0 Å². The minimum atomic E-state index is -4.23. The standard InChI is InChI=1S/C6H9F3N6/c7-6(8,9)1-2-12-5-14-3(10)13-4(11)15-5/h1-2H2,(H5,10,11,12,13,14,15). The fraction of sp³-hybridized carbons (Fsp3) is 0.500. The van der Waals surface area contributed by atoms with Gasteiger partial charge < -0.3 is 16.8 Å². The zero-order valence-electron chi connectivity index (χ0n) is 7.54. The lowest BCUT2D eigenvalue weighted by atomic mass is 10.4. The molecule has 0 atom stereocenters. The van der Waals surface area contributed by atoms with Crippen molar-refractivity contribution in [3.8, 4) is 0 Å². The van der Waals surface area contributed by atoms with E-state index in [1.54, 1.807) is 0 Å². The molecule has 0 fully saturated rings. The van der Waals surface area contributed by atoms with Crippen molar-refractivity contribution in [3.63, 3.8) is 0 Å². The first-order valence-electron chi connectivity index (χ1n) is 3.94. The van der Waals surface area contributed by atoms with E-state index < -0.39 is 12.6 Å². The van der Waals surface area contributed by atoms with Gasteiger partial charge in [0.15, 0.2) is 0 Å². The van der Waals surface area contributed by atoms with Crippen LogP contribution in [-0.2, 0) is 0 Å². The first kappa shape index (κ1) is 11.3. The maximum atomic E-state index is 11.8. The molecule has 6 nitrogen and oxygen atoms in total. The molecule has 0 bridgehead atoms. The average Bonchev–Trinajstić information content (AvgIpc) is 1.99. The Balaban J connectivity index is 2.51. The summed E-state index contributed by atoms with van der Waals surface area (Å²) in [6.07, 6.45) is -5.21. The molecule has 5 N–H and O–H groups in total. The van der Waals surface area contributed by atoms with Gasteiger partial charge in [-0.25, -0.2) is 0 Å². The molecule has 0 spiro atoms. The van der Waals surface area contributed by atoms with Crippen molar-refractivity contribution in [1.29, 1.82) is 0 Å². The van der Waals surface area contributed by atoms with Crippen molar-refractivity contribution in [2.75, 3.05) is 23.3 Å². The minimum absolute atomic E-state index is 0.0655. The van der Waals surface area contributed by atoms with E-state index in [-0.39, 0.29) is 24.4 Å². The molecule has 1 rings (SSSR count). The average molecular weight is 222 g/mol. The SMILES string of the molecule is Nc1nc(N)nc(NCCC(F)(F)F)n1. The van der Waals surface area contributed by atoms with E-state index in [1.165, 1.54) is 0 Å². The van der Waals surface area contributed by atoms with Crippen LogP contribution in [0.1, 0.15) is 6.42 Å². The predicted molar refractivity (Wildman–Crippen MR) is 47.8 cm³/mol. The van der Waals surface area contributed by atoms with Gasteiger partial charge in [0.1, 0.15) is 0 Å². The molecule has 0 aliphatic carbocycles. The highest BCUT2D eigenvalue weighted by Gasteiger charge is 2.26.